The van der Waals surface area contributed by atoms with Gasteiger partial charge >= 0.3 is 0 Å². The summed E-state index contributed by atoms with van der Waals surface area (Å²) in [4.78, 5) is 23.7. The van der Waals surface area contributed by atoms with Crippen molar-refractivity contribution >= 4 is 22.6 Å². The lowest BCUT2D eigenvalue weighted by Crippen LogP contribution is -2.30. The first-order valence-electron chi connectivity index (χ1n) is 8.29. The predicted octanol–water partition coefficient (Wildman–Crippen LogP) is 2.88. The summed E-state index contributed by atoms with van der Waals surface area (Å²) >= 11 is 0. The summed E-state index contributed by atoms with van der Waals surface area (Å²) in [5.74, 6) is 0.444. The van der Waals surface area contributed by atoms with Crippen LogP contribution >= 0.6 is 0 Å². The molecule has 0 spiro atoms. The molecule has 134 valence electrons. The first-order chi connectivity index (χ1) is 12.7. The van der Waals surface area contributed by atoms with Crippen LogP contribution in [0.25, 0.3) is 10.8 Å². The minimum atomic E-state index is -0.253. The highest BCUT2D eigenvalue weighted by atomic mass is 16.5. The fraction of sp³-hybridized carbons (Fsp3) is 0.200. The molecule has 0 saturated carbocycles. The van der Waals surface area contributed by atoms with Gasteiger partial charge in [-0.3, -0.25) is 9.59 Å². The van der Waals surface area contributed by atoms with Crippen LogP contribution in [0.5, 0.6) is 5.75 Å². The molecule has 0 atom stereocenters. The predicted molar refractivity (Wildman–Crippen MR) is 98.0 cm³/mol. The number of carbonyl (C=O) groups excluding carboxylic acids is 2. The second kappa shape index (κ2) is 8.20. The molecular weight excluding hydrogens is 332 g/mol. The van der Waals surface area contributed by atoms with Gasteiger partial charge in [0, 0.05) is 19.5 Å². The molecule has 2 aromatic carbocycles. The highest BCUT2D eigenvalue weighted by molar-refractivity contribution is 5.94. The molecule has 1 heterocycles. The Balaban J connectivity index is 1.46. The van der Waals surface area contributed by atoms with E-state index in [9.17, 15) is 9.59 Å². The van der Waals surface area contributed by atoms with E-state index in [1.54, 1.807) is 13.2 Å². The van der Waals surface area contributed by atoms with Crippen LogP contribution in [0, 0.1) is 0 Å². The lowest BCUT2D eigenvalue weighted by molar-refractivity contribution is -0.121. The van der Waals surface area contributed by atoms with Crippen LogP contribution in [0.15, 0.2) is 59.4 Å². The van der Waals surface area contributed by atoms with Gasteiger partial charge in [0.25, 0.3) is 5.91 Å². The van der Waals surface area contributed by atoms with Gasteiger partial charge in [0.1, 0.15) is 12.0 Å². The maximum Gasteiger partial charge on any atom is 0.254 e. The molecule has 0 aliphatic heterocycles. The van der Waals surface area contributed by atoms with Gasteiger partial charge in [0.15, 0.2) is 0 Å². The number of furan rings is 1. The Morgan fingerprint density at radius 1 is 1.04 bits per heavy atom. The van der Waals surface area contributed by atoms with Crippen molar-refractivity contribution in [2.75, 3.05) is 13.7 Å². The maximum atomic E-state index is 11.9. The molecule has 3 aromatic rings. The Morgan fingerprint density at radius 3 is 2.62 bits per heavy atom. The van der Waals surface area contributed by atoms with E-state index in [1.165, 1.54) is 12.5 Å². The van der Waals surface area contributed by atoms with Gasteiger partial charge in [0.2, 0.25) is 5.91 Å². The third-order valence-electron chi connectivity index (χ3n) is 4.02. The number of methoxy groups -OCH3 is 1. The zero-order valence-corrected chi connectivity index (χ0v) is 14.5. The highest BCUT2D eigenvalue weighted by Gasteiger charge is 2.07. The number of carbonyl (C=O) groups is 2. The third-order valence-corrected chi connectivity index (χ3v) is 4.02. The molecule has 2 N–H and O–H groups in total. The Hall–Kier alpha value is -3.28. The van der Waals surface area contributed by atoms with Crippen LogP contribution in [0.4, 0.5) is 0 Å². The summed E-state index contributed by atoms with van der Waals surface area (Å²) in [5, 5.41) is 7.71. The van der Waals surface area contributed by atoms with E-state index in [4.69, 9.17) is 9.15 Å². The average Bonchev–Trinajstić information content (AvgIpc) is 3.20. The molecule has 3 rings (SSSR count). The lowest BCUT2D eigenvalue weighted by atomic mass is 10.1. The quantitative estimate of drug-likeness (QED) is 0.685. The molecule has 1 aromatic heterocycles. The van der Waals surface area contributed by atoms with Crippen molar-refractivity contribution < 1.29 is 18.7 Å². The Bertz CT molecular complexity index is 903. The smallest absolute Gasteiger partial charge is 0.254 e. The Labute approximate surface area is 151 Å². The van der Waals surface area contributed by atoms with Crippen molar-refractivity contribution in [3.8, 4) is 5.75 Å². The minimum Gasteiger partial charge on any atom is -0.497 e. The number of hydrogen-bond acceptors (Lipinski definition) is 4. The lowest BCUT2D eigenvalue weighted by Gasteiger charge is -2.08. The number of rotatable bonds is 7. The molecule has 0 unspecified atom stereocenters. The molecule has 0 aliphatic carbocycles. The van der Waals surface area contributed by atoms with Crippen LogP contribution in [0.3, 0.4) is 0 Å². The van der Waals surface area contributed by atoms with Crippen LogP contribution in [0.2, 0.25) is 0 Å². The van der Waals surface area contributed by atoms with E-state index >= 15 is 0 Å². The van der Waals surface area contributed by atoms with E-state index in [0.717, 1.165) is 22.1 Å². The van der Waals surface area contributed by atoms with E-state index in [-0.39, 0.29) is 24.8 Å². The average molecular weight is 352 g/mol. The largest absolute Gasteiger partial charge is 0.497 e. The summed E-state index contributed by atoms with van der Waals surface area (Å²) in [6, 6.07) is 13.5. The van der Waals surface area contributed by atoms with Crippen molar-refractivity contribution in [3.63, 3.8) is 0 Å². The van der Waals surface area contributed by atoms with E-state index < -0.39 is 0 Å². The molecule has 6 nitrogen and oxygen atoms in total. The molecule has 0 bridgehead atoms. The normalized spacial score (nSPS) is 10.5. The molecule has 0 saturated heterocycles. The van der Waals surface area contributed by atoms with Crippen LogP contribution in [-0.2, 0) is 11.3 Å². The molecule has 0 fully saturated rings. The summed E-state index contributed by atoms with van der Waals surface area (Å²) in [5.41, 5.74) is 1.46. The van der Waals surface area contributed by atoms with Gasteiger partial charge in [-0.25, -0.2) is 0 Å². The van der Waals surface area contributed by atoms with Crippen LogP contribution in [0.1, 0.15) is 22.3 Å². The van der Waals surface area contributed by atoms with E-state index in [2.05, 4.69) is 10.6 Å². The van der Waals surface area contributed by atoms with Crippen molar-refractivity contribution in [2.45, 2.75) is 13.0 Å². The molecule has 0 aliphatic rings. The number of amides is 2. The summed E-state index contributed by atoms with van der Waals surface area (Å²) in [6.07, 6.45) is 3.01. The zero-order chi connectivity index (χ0) is 18.4. The summed E-state index contributed by atoms with van der Waals surface area (Å²) < 4.78 is 10.1. The topological polar surface area (TPSA) is 80.6 Å². The molecular formula is C20H20N2O4. The van der Waals surface area contributed by atoms with Crippen molar-refractivity contribution in [2.24, 2.45) is 0 Å². The van der Waals surface area contributed by atoms with Gasteiger partial charge in [-0.15, -0.1) is 0 Å². The van der Waals surface area contributed by atoms with Crippen molar-refractivity contribution in [1.29, 1.82) is 0 Å². The van der Waals surface area contributed by atoms with E-state index in [1.807, 2.05) is 36.4 Å². The van der Waals surface area contributed by atoms with Crippen molar-refractivity contribution in [3.05, 3.63) is 66.1 Å². The fourth-order valence-electron chi connectivity index (χ4n) is 2.58. The zero-order valence-electron chi connectivity index (χ0n) is 14.5. The third kappa shape index (κ3) is 4.42. The van der Waals surface area contributed by atoms with Gasteiger partial charge in [-0.2, -0.15) is 0 Å². The van der Waals surface area contributed by atoms with E-state index in [0.29, 0.717) is 12.1 Å². The molecule has 26 heavy (non-hydrogen) atoms. The first-order valence-corrected chi connectivity index (χ1v) is 8.29. The second-order valence-corrected chi connectivity index (χ2v) is 5.84. The summed E-state index contributed by atoms with van der Waals surface area (Å²) in [7, 11) is 1.64. The van der Waals surface area contributed by atoms with Gasteiger partial charge in [-0.05, 0) is 40.6 Å². The number of ether oxygens (including phenoxy) is 1. The first kappa shape index (κ1) is 17.5. The molecule has 6 heteroatoms. The number of hydrogen-bond donors (Lipinski definition) is 2. The number of fused-ring (bicyclic) bond motifs is 1. The summed E-state index contributed by atoms with van der Waals surface area (Å²) in [6.45, 7) is 0.712. The van der Waals surface area contributed by atoms with Crippen LogP contribution < -0.4 is 15.4 Å². The Morgan fingerprint density at radius 2 is 1.85 bits per heavy atom. The molecule has 2 amide bonds. The number of nitrogens with one attached hydrogen (secondary N) is 2. The SMILES string of the molecule is COc1ccc2cc(CNC(=O)CCNC(=O)c3ccoc3)ccc2c1. The highest BCUT2D eigenvalue weighted by Crippen LogP contribution is 2.21. The fourth-order valence-corrected chi connectivity index (χ4v) is 2.58. The monoisotopic (exact) mass is 352 g/mol. The standard InChI is InChI=1S/C20H20N2O4/c1-25-18-5-4-15-10-14(2-3-16(15)11-18)12-22-19(23)6-8-21-20(24)17-7-9-26-13-17/h2-5,7,9-11,13H,6,8,12H2,1H3,(H,21,24)(H,22,23). The molecule has 0 radical (unpaired) electrons. The Kier molecular flexibility index (Phi) is 5.53. The van der Waals surface area contributed by atoms with Crippen LogP contribution in [-0.4, -0.2) is 25.5 Å². The number of benzene rings is 2. The maximum absolute atomic E-state index is 11.9. The van der Waals surface area contributed by atoms with Crippen molar-refractivity contribution in [1.82, 2.24) is 10.6 Å². The van der Waals surface area contributed by atoms with Gasteiger partial charge in [-0.1, -0.05) is 18.2 Å². The van der Waals surface area contributed by atoms with Gasteiger partial charge < -0.3 is 19.8 Å². The second-order valence-electron chi connectivity index (χ2n) is 5.84. The van der Waals surface area contributed by atoms with Gasteiger partial charge in [0.05, 0.1) is 18.9 Å². The minimum absolute atomic E-state index is 0.118.